The summed E-state index contributed by atoms with van der Waals surface area (Å²) in [7, 11) is 0. The number of nitrogens with zero attached hydrogens (tertiary/aromatic N) is 2. The average Bonchev–Trinajstić information content (AvgIpc) is 3.78. The molecule has 3 aromatic heterocycles. The second-order valence-corrected chi connectivity index (χ2v) is 12.9. The third kappa shape index (κ3) is 3.77. The van der Waals surface area contributed by atoms with Crippen molar-refractivity contribution >= 4 is 92.3 Å². The monoisotopic (exact) mass is 606 g/mol. The van der Waals surface area contributed by atoms with Crippen LogP contribution in [0.5, 0.6) is 0 Å². The van der Waals surface area contributed by atoms with E-state index >= 15 is 0 Å². The van der Waals surface area contributed by atoms with Crippen LogP contribution in [-0.4, -0.2) is 4.57 Å². The van der Waals surface area contributed by atoms with Crippen LogP contribution in [-0.2, 0) is 0 Å². The Morgan fingerprint density at radius 2 is 0.978 bits per heavy atom. The Morgan fingerprint density at radius 3 is 1.76 bits per heavy atom. The van der Waals surface area contributed by atoms with Gasteiger partial charge < -0.3 is 13.9 Å². The van der Waals surface area contributed by atoms with Crippen molar-refractivity contribution in [3.63, 3.8) is 0 Å². The molecule has 0 saturated carbocycles. The minimum atomic E-state index is 0.895. The zero-order chi connectivity index (χ0) is 30.2. The topological polar surface area (TPSA) is 21.3 Å². The summed E-state index contributed by atoms with van der Waals surface area (Å²) in [6.45, 7) is 0. The molecule has 0 atom stereocenters. The van der Waals surface area contributed by atoms with Crippen molar-refractivity contribution in [2.45, 2.75) is 0 Å². The highest BCUT2D eigenvalue weighted by Crippen LogP contribution is 2.42. The molecule has 3 nitrogen and oxygen atoms in total. The summed E-state index contributed by atoms with van der Waals surface area (Å²) in [5, 5.41) is 7.37. The van der Waals surface area contributed by atoms with E-state index in [2.05, 4.69) is 155 Å². The Morgan fingerprint density at radius 1 is 0.413 bits per heavy atom. The van der Waals surface area contributed by atoms with Crippen LogP contribution < -0.4 is 4.90 Å². The molecule has 0 aliphatic rings. The molecule has 0 spiro atoms. The normalized spacial score (nSPS) is 11.9. The fourth-order valence-electron chi connectivity index (χ4n) is 7.11. The summed E-state index contributed by atoms with van der Waals surface area (Å²) in [4.78, 5) is 2.36. The van der Waals surface area contributed by atoms with Gasteiger partial charge in [-0.2, -0.15) is 0 Å². The lowest BCUT2D eigenvalue weighted by molar-refractivity contribution is 0.669. The van der Waals surface area contributed by atoms with E-state index in [0.717, 1.165) is 44.7 Å². The standard InChI is InChI=1S/C42H26N2OS/c1-5-13-37-31(9-1)32-10-2-6-14-38(32)44(37)28-19-17-27(18-20-28)43(29-22-24-40-36(25-29)33-11-3-7-15-39(33)45-40)30-21-23-35-34-12-4-8-16-41(34)46-42(35)26-30/h1-26H. The molecular weight excluding hydrogens is 581 g/mol. The number of hydrogen-bond acceptors (Lipinski definition) is 3. The molecule has 0 aliphatic carbocycles. The summed E-state index contributed by atoms with van der Waals surface area (Å²) >= 11 is 1.85. The van der Waals surface area contributed by atoms with Crippen LogP contribution in [0.1, 0.15) is 0 Å². The highest BCUT2D eigenvalue weighted by molar-refractivity contribution is 7.25. The van der Waals surface area contributed by atoms with Crippen LogP contribution in [0.15, 0.2) is 162 Å². The quantitative estimate of drug-likeness (QED) is 0.199. The lowest BCUT2D eigenvalue weighted by Crippen LogP contribution is -2.10. The summed E-state index contributed by atoms with van der Waals surface area (Å²) in [6.07, 6.45) is 0. The number of fused-ring (bicyclic) bond motifs is 9. The highest BCUT2D eigenvalue weighted by atomic mass is 32.1. The summed E-state index contributed by atoms with van der Waals surface area (Å²) < 4.78 is 11.2. The van der Waals surface area contributed by atoms with E-state index in [0.29, 0.717) is 0 Å². The summed E-state index contributed by atoms with van der Waals surface area (Å²) in [5.41, 5.74) is 8.66. The number of para-hydroxylation sites is 3. The van der Waals surface area contributed by atoms with Crippen LogP contribution in [0.25, 0.3) is 69.6 Å². The predicted molar refractivity (Wildman–Crippen MR) is 196 cm³/mol. The van der Waals surface area contributed by atoms with Crippen molar-refractivity contribution in [2.24, 2.45) is 0 Å². The lowest BCUT2D eigenvalue weighted by Gasteiger charge is -2.26. The number of benzene rings is 7. The minimum absolute atomic E-state index is 0.895. The van der Waals surface area contributed by atoms with Crippen molar-refractivity contribution in [2.75, 3.05) is 4.90 Å². The number of thiophene rings is 1. The SMILES string of the molecule is c1ccc2c(c1)oc1ccc(N(c3ccc(-n4c5ccccc5c5ccccc54)cc3)c3ccc4c(c3)sc3ccccc34)cc12. The molecule has 7 aromatic carbocycles. The molecule has 0 aliphatic heterocycles. The Labute approximate surface area is 268 Å². The van der Waals surface area contributed by atoms with Gasteiger partial charge in [-0.3, -0.25) is 0 Å². The molecule has 0 unspecified atom stereocenters. The maximum atomic E-state index is 6.20. The van der Waals surface area contributed by atoms with Crippen LogP contribution >= 0.6 is 11.3 Å². The molecular formula is C42H26N2OS. The number of hydrogen-bond donors (Lipinski definition) is 0. The van der Waals surface area contributed by atoms with Crippen LogP contribution in [0.4, 0.5) is 17.1 Å². The van der Waals surface area contributed by atoms with Gasteiger partial charge in [-0.25, -0.2) is 0 Å². The Balaban J connectivity index is 1.17. The Kier molecular flexibility index (Phi) is 5.45. The first-order chi connectivity index (χ1) is 22.8. The van der Waals surface area contributed by atoms with Gasteiger partial charge in [0.05, 0.1) is 11.0 Å². The van der Waals surface area contributed by atoms with Gasteiger partial charge in [-0.15, -0.1) is 11.3 Å². The number of furan rings is 1. The van der Waals surface area contributed by atoms with Gasteiger partial charge in [-0.1, -0.05) is 78.9 Å². The number of aromatic nitrogens is 1. The maximum Gasteiger partial charge on any atom is 0.135 e. The predicted octanol–water partition coefficient (Wildman–Crippen LogP) is 12.5. The third-order valence-corrected chi connectivity index (χ3v) is 10.3. The first kappa shape index (κ1) is 25.5. The van der Waals surface area contributed by atoms with Gasteiger partial charge in [-0.05, 0) is 78.9 Å². The van der Waals surface area contributed by atoms with E-state index < -0.39 is 0 Å². The first-order valence-corrected chi connectivity index (χ1v) is 16.3. The zero-order valence-corrected chi connectivity index (χ0v) is 25.5. The molecule has 46 heavy (non-hydrogen) atoms. The first-order valence-electron chi connectivity index (χ1n) is 15.5. The van der Waals surface area contributed by atoms with E-state index in [1.165, 1.54) is 42.0 Å². The van der Waals surface area contributed by atoms with Crippen molar-refractivity contribution in [1.82, 2.24) is 4.57 Å². The fourth-order valence-corrected chi connectivity index (χ4v) is 8.24. The van der Waals surface area contributed by atoms with E-state index in [9.17, 15) is 0 Å². The van der Waals surface area contributed by atoms with E-state index in [1.54, 1.807) is 0 Å². The summed E-state index contributed by atoms with van der Waals surface area (Å²) in [6, 6.07) is 56.6. The maximum absolute atomic E-state index is 6.20. The van der Waals surface area contributed by atoms with E-state index in [4.69, 9.17) is 4.42 Å². The minimum Gasteiger partial charge on any atom is -0.456 e. The Hall–Kier alpha value is -5.84. The van der Waals surface area contributed by atoms with Crippen LogP contribution in [0, 0.1) is 0 Å². The molecule has 0 amide bonds. The van der Waals surface area contributed by atoms with Gasteiger partial charge in [0.25, 0.3) is 0 Å². The van der Waals surface area contributed by atoms with E-state index in [1.807, 2.05) is 23.5 Å². The van der Waals surface area contributed by atoms with Crippen molar-refractivity contribution < 1.29 is 4.42 Å². The van der Waals surface area contributed by atoms with Gasteiger partial charge in [0.2, 0.25) is 0 Å². The summed E-state index contributed by atoms with van der Waals surface area (Å²) in [5.74, 6) is 0. The van der Waals surface area contributed by atoms with E-state index in [-0.39, 0.29) is 0 Å². The zero-order valence-electron chi connectivity index (χ0n) is 24.7. The molecule has 3 heterocycles. The second-order valence-electron chi connectivity index (χ2n) is 11.8. The van der Waals surface area contributed by atoms with Gasteiger partial charge >= 0.3 is 0 Å². The van der Waals surface area contributed by atoms with Crippen LogP contribution in [0.2, 0.25) is 0 Å². The molecule has 0 bridgehead atoms. The average molecular weight is 607 g/mol. The molecule has 10 aromatic rings. The molecule has 0 radical (unpaired) electrons. The smallest absolute Gasteiger partial charge is 0.135 e. The molecule has 0 N–H and O–H groups in total. The second kappa shape index (κ2) is 9.83. The number of anilines is 3. The molecule has 216 valence electrons. The Bertz CT molecular complexity index is 2710. The van der Waals surface area contributed by atoms with Crippen molar-refractivity contribution in [3.05, 3.63) is 158 Å². The van der Waals surface area contributed by atoms with Crippen molar-refractivity contribution in [1.29, 1.82) is 0 Å². The van der Waals surface area contributed by atoms with Gasteiger partial charge in [0.1, 0.15) is 11.2 Å². The van der Waals surface area contributed by atoms with Crippen molar-refractivity contribution in [3.8, 4) is 5.69 Å². The van der Waals surface area contributed by atoms with Crippen LogP contribution in [0.3, 0.4) is 0 Å². The van der Waals surface area contributed by atoms with Gasteiger partial charge in [0.15, 0.2) is 0 Å². The number of rotatable bonds is 4. The molecule has 10 rings (SSSR count). The lowest BCUT2D eigenvalue weighted by atomic mass is 10.1. The molecule has 0 saturated heterocycles. The fraction of sp³-hybridized carbons (Fsp3) is 0. The highest BCUT2D eigenvalue weighted by Gasteiger charge is 2.18. The molecule has 0 fully saturated rings. The largest absolute Gasteiger partial charge is 0.456 e. The van der Waals surface area contributed by atoms with Gasteiger partial charge in [0, 0.05) is 64.5 Å². The molecule has 4 heteroatoms. The third-order valence-electron chi connectivity index (χ3n) is 9.19.